The van der Waals surface area contributed by atoms with Crippen LogP contribution in [0.25, 0.3) is 0 Å². The van der Waals surface area contributed by atoms with Gasteiger partial charge in [0.05, 0.1) is 11.6 Å². The largest absolute Gasteiger partial charge is 0.491 e. The first-order valence-corrected chi connectivity index (χ1v) is 5.27. The maximum atomic E-state index is 6.00. The van der Waals surface area contributed by atoms with Crippen LogP contribution in [0.4, 0.5) is 0 Å². The summed E-state index contributed by atoms with van der Waals surface area (Å²) in [6, 6.07) is 3.59. The summed E-state index contributed by atoms with van der Waals surface area (Å²) in [4.78, 5) is 0. The van der Waals surface area contributed by atoms with Crippen LogP contribution in [0.5, 0.6) is 5.75 Å². The fraction of sp³-hybridized carbons (Fsp3) is 0.400. The summed E-state index contributed by atoms with van der Waals surface area (Å²) in [5.74, 6) is 1.14. The number of rotatable bonds is 1. The molecule has 1 aliphatic heterocycles. The van der Waals surface area contributed by atoms with Crippen molar-refractivity contribution < 1.29 is 4.74 Å². The molecule has 0 saturated carbocycles. The first-order valence-electron chi connectivity index (χ1n) is 4.51. The van der Waals surface area contributed by atoms with E-state index in [-0.39, 0.29) is 0 Å². The van der Waals surface area contributed by atoms with Crippen molar-refractivity contribution in [3.63, 3.8) is 0 Å². The van der Waals surface area contributed by atoms with Crippen molar-refractivity contribution in [1.82, 2.24) is 0 Å². The van der Waals surface area contributed by atoms with Crippen LogP contribution < -0.4 is 10.5 Å². The molecule has 0 aromatic heterocycles. The Morgan fingerprint density at radius 1 is 1.43 bits per heavy atom. The molecule has 2 nitrogen and oxygen atoms in total. The van der Waals surface area contributed by atoms with E-state index in [0.717, 1.165) is 17.7 Å². The highest BCUT2D eigenvalue weighted by Crippen LogP contribution is 2.36. The molecule has 1 atom stereocenters. The number of halogens is 2. The summed E-state index contributed by atoms with van der Waals surface area (Å²) in [6.45, 7) is 1.27. The van der Waals surface area contributed by atoms with Crippen molar-refractivity contribution >= 4 is 23.2 Å². The molecule has 0 fully saturated rings. The fourth-order valence-corrected chi connectivity index (χ4v) is 2.24. The van der Waals surface area contributed by atoms with Gasteiger partial charge in [-0.15, -0.1) is 0 Å². The third-order valence-electron chi connectivity index (χ3n) is 2.39. The number of hydrogen-bond acceptors (Lipinski definition) is 2. The molecular weight excluding hydrogens is 221 g/mol. The molecule has 1 heterocycles. The second-order valence-electron chi connectivity index (χ2n) is 3.49. The smallest absolute Gasteiger partial charge is 0.141 e. The molecular formula is C10H11Cl2NO. The summed E-state index contributed by atoms with van der Waals surface area (Å²) in [7, 11) is 0. The molecule has 2 rings (SSSR count). The lowest BCUT2D eigenvalue weighted by Crippen LogP contribution is -2.27. The lowest BCUT2D eigenvalue weighted by molar-refractivity contribution is 0.226. The Morgan fingerprint density at radius 3 is 2.93 bits per heavy atom. The molecule has 1 aromatic carbocycles. The van der Waals surface area contributed by atoms with E-state index < -0.39 is 0 Å². The zero-order valence-corrected chi connectivity index (χ0v) is 9.11. The van der Waals surface area contributed by atoms with Crippen molar-refractivity contribution in [3.05, 3.63) is 27.7 Å². The average Bonchev–Trinajstić information content (AvgIpc) is 2.16. The first-order chi connectivity index (χ1) is 6.70. The first kappa shape index (κ1) is 10.1. The van der Waals surface area contributed by atoms with Crippen molar-refractivity contribution in [2.24, 2.45) is 11.7 Å². The monoisotopic (exact) mass is 231 g/mol. The Morgan fingerprint density at radius 2 is 2.21 bits per heavy atom. The molecule has 4 heteroatoms. The molecule has 0 unspecified atom stereocenters. The summed E-state index contributed by atoms with van der Waals surface area (Å²) in [5, 5.41) is 1.23. The standard InChI is InChI=1S/C10H11Cl2NO/c11-8-2-7-1-6(4-13)5-14-10(7)9(12)3-8/h2-3,6H,1,4-5,13H2/t6-/m0/s1. The number of nitrogens with two attached hydrogens (primary N) is 1. The minimum Gasteiger partial charge on any atom is -0.491 e. The highest BCUT2D eigenvalue weighted by Gasteiger charge is 2.21. The van der Waals surface area contributed by atoms with Gasteiger partial charge in [-0.2, -0.15) is 0 Å². The van der Waals surface area contributed by atoms with Crippen molar-refractivity contribution in [2.45, 2.75) is 6.42 Å². The molecule has 1 aliphatic rings. The minimum atomic E-state index is 0.372. The Kier molecular flexibility index (Phi) is 2.86. The van der Waals surface area contributed by atoms with Crippen LogP contribution in [0.15, 0.2) is 12.1 Å². The Balaban J connectivity index is 2.37. The molecule has 0 amide bonds. The zero-order valence-electron chi connectivity index (χ0n) is 7.59. The Hall–Kier alpha value is -0.440. The third kappa shape index (κ3) is 1.83. The molecule has 14 heavy (non-hydrogen) atoms. The molecule has 0 bridgehead atoms. The average molecular weight is 232 g/mol. The van der Waals surface area contributed by atoms with Crippen LogP contribution in [0, 0.1) is 5.92 Å². The number of hydrogen-bond donors (Lipinski definition) is 1. The lowest BCUT2D eigenvalue weighted by atomic mass is 9.97. The van der Waals surface area contributed by atoms with E-state index >= 15 is 0 Å². The van der Waals surface area contributed by atoms with Gasteiger partial charge in [-0.25, -0.2) is 0 Å². The van der Waals surface area contributed by atoms with Crippen molar-refractivity contribution in [3.8, 4) is 5.75 Å². The molecule has 0 aliphatic carbocycles. The van der Waals surface area contributed by atoms with Crippen LogP contribution in [-0.2, 0) is 6.42 Å². The predicted octanol–water partition coefficient (Wildman–Crippen LogP) is 2.50. The second-order valence-corrected chi connectivity index (χ2v) is 4.34. The van der Waals surface area contributed by atoms with Crippen LogP contribution in [0.3, 0.4) is 0 Å². The van der Waals surface area contributed by atoms with E-state index in [1.807, 2.05) is 6.07 Å². The minimum absolute atomic E-state index is 0.372. The van der Waals surface area contributed by atoms with Gasteiger partial charge in [0, 0.05) is 10.9 Å². The number of fused-ring (bicyclic) bond motifs is 1. The van der Waals surface area contributed by atoms with Gasteiger partial charge in [-0.05, 0) is 30.7 Å². The predicted molar refractivity (Wildman–Crippen MR) is 58.2 cm³/mol. The Labute approximate surface area is 92.9 Å². The summed E-state index contributed by atoms with van der Waals surface area (Å²) < 4.78 is 5.54. The molecule has 0 radical (unpaired) electrons. The third-order valence-corrected chi connectivity index (χ3v) is 2.89. The maximum Gasteiger partial charge on any atom is 0.141 e. The van der Waals surface area contributed by atoms with Crippen LogP contribution in [-0.4, -0.2) is 13.2 Å². The highest BCUT2D eigenvalue weighted by atomic mass is 35.5. The topological polar surface area (TPSA) is 35.2 Å². The van der Waals surface area contributed by atoms with E-state index in [0.29, 0.717) is 29.1 Å². The number of benzene rings is 1. The van der Waals surface area contributed by atoms with Gasteiger partial charge in [0.2, 0.25) is 0 Å². The van der Waals surface area contributed by atoms with E-state index in [4.69, 9.17) is 33.7 Å². The van der Waals surface area contributed by atoms with Gasteiger partial charge in [0.1, 0.15) is 5.75 Å². The van der Waals surface area contributed by atoms with Gasteiger partial charge >= 0.3 is 0 Å². The normalized spacial score (nSPS) is 20.1. The quantitative estimate of drug-likeness (QED) is 0.807. The van der Waals surface area contributed by atoms with E-state index in [1.54, 1.807) is 6.07 Å². The number of ether oxygens (including phenoxy) is 1. The SMILES string of the molecule is NC[C@H]1COc2c(Cl)cc(Cl)cc2C1. The zero-order chi connectivity index (χ0) is 10.1. The summed E-state index contributed by atoms with van der Waals surface area (Å²) >= 11 is 11.9. The molecule has 0 saturated heterocycles. The second kappa shape index (κ2) is 3.97. The van der Waals surface area contributed by atoms with Crippen LogP contribution in [0.2, 0.25) is 10.0 Å². The van der Waals surface area contributed by atoms with Gasteiger partial charge in [-0.3, -0.25) is 0 Å². The molecule has 1 aromatic rings. The van der Waals surface area contributed by atoms with Crippen LogP contribution >= 0.6 is 23.2 Å². The molecule has 0 spiro atoms. The van der Waals surface area contributed by atoms with Crippen molar-refractivity contribution in [1.29, 1.82) is 0 Å². The summed E-state index contributed by atoms with van der Waals surface area (Å²) in [5.41, 5.74) is 6.65. The molecule has 2 N–H and O–H groups in total. The Bertz CT molecular complexity index is 354. The van der Waals surface area contributed by atoms with Gasteiger partial charge in [0.25, 0.3) is 0 Å². The summed E-state index contributed by atoms with van der Waals surface area (Å²) in [6.07, 6.45) is 0.895. The maximum absolute atomic E-state index is 6.00. The van der Waals surface area contributed by atoms with E-state index in [2.05, 4.69) is 0 Å². The fourth-order valence-electron chi connectivity index (χ4n) is 1.65. The van der Waals surface area contributed by atoms with Gasteiger partial charge in [-0.1, -0.05) is 23.2 Å². The lowest BCUT2D eigenvalue weighted by Gasteiger charge is -2.25. The van der Waals surface area contributed by atoms with Crippen LogP contribution in [0.1, 0.15) is 5.56 Å². The van der Waals surface area contributed by atoms with Gasteiger partial charge < -0.3 is 10.5 Å². The van der Waals surface area contributed by atoms with Gasteiger partial charge in [0.15, 0.2) is 0 Å². The highest BCUT2D eigenvalue weighted by molar-refractivity contribution is 6.35. The van der Waals surface area contributed by atoms with E-state index in [9.17, 15) is 0 Å². The van der Waals surface area contributed by atoms with Crippen molar-refractivity contribution in [2.75, 3.05) is 13.2 Å². The van der Waals surface area contributed by atoms with E-state index in [1.165, 1.54) is 0 Å². The molecule has 76 valence electrons.